The second kappa shape index (κ2) is 5.95. The highest BCUT2D eigenvalue weighted by Crippen LogP contribution is 2.33. The number of aromatic nitrogens is 1. The number of hydrogen-bond acceptors (Lipinski definition) is 3. The van der Waals surface area contributed by atoms with Crippen molar-refractivity contribution in [2.45, 2.75) is 4.90 Å². The lowest BCUT2D eigenvalue weighted by molar-refractivity contribution is 0.601. The van der Waals surface area contributed by atoms with Crippen molar-refractivity contribution in [1.82, 2.24) is 4.98 Å². The number of rotatable bonds is 3. The van der Waals surface area contributed by atoms with Gasteiger partial charge in [-0.05, 0) is 24.3 Å². The van der Waals surface area contributed by atoms with Gasteiger partial charge in [0.1, 0.15) is 10.0 Å². The summed E-state index contributed by atoms with van der Waals surface area (Å²) in [6.07, 6.45) is 1.37. The Kier molecular flexibility index (Phi) is 4.66. The predicted octanol–water partition coefficient (Wildman–Crippen LogP) is 4.50. The summed E-state index contributed by atoms with van der Waals surface area (Å²) in [5.74, 6) is 0. The van der Waals surface area contributed by atoms with Crippen LogP contribution in [0.4, 0.5) is 5.69 Å². The highest BCUT2D eigenvalue weighted by atomic mass is 35.5. The minimum absolute atomic E-state index is 0.0739. The van der Waals surface area contributed by atoms with Crippen molar-refractivity contribution in [1.29, 1.82) is 0 Å². The number of nitrogens with one attached hydrogen (secondary N) is 1. The van der Waals surface area contributed by atoms with E-state index in [1.54, 1.807) is 0 Å². The maximum atomic E-state index is 12.3. The molecule has 0 amide bonds. The summed E-state index contributed by atoms with van der Waals surface area (Å²) < 4.78 is 26.9. The van der Waals surface area contributed by atoms with Gasteiger partial charge in [-0.15, -0.1) is 0 Å². The molecule has 2 aromatic rings. The molecule has 0 aliphatic carbocycles. The van der Waals surface area contributed by atoms with E-state index in [1.807, 2.05) is 0 Å². The summed E-state index contributed by atoms with van der Waals surface area (Å²) in [4.78, 5) is 3.50. The molecule has 0 saturated heterocycles. The predicted molar refractivity (Wildman–Crippen MR) is 81.5 cm³/mol. The van der Waals surface area contributed by atoms with Gasteiger partial charge < -0.3 is 0 Å². The first kappa shape index (κ1) is 15.7. The van der Waals surface area contributed by atoms with Crippen LogP contribution < -0.4 is 4.72 Å². The van der Waals surface area contributed by atoms with E-state index in [9.17, 15) is 8.42 Å². The molecule has 0 spiro atoms. The van der Waals surface area contributed by atoms with Gasteiger partial charge in [0, 0.05) is 11.2 Å². The van der Waals surface area contributed by atoms with Gasteiger partial charge in [-0.2, -0.15) is 0 Å². The highest BCUT2D eigenvalue weighted by molar-refractivity contribution is 7.93. The maximum Gasteiger partial charge on any atom is 0.264 e. The van der Waals surface area contributed by atoms with Crippen molar-refractivity contribution in [3.05, 3.63) is 50.7 Å². The van der Waals surface area contributed by atoms with Crippen LogP contribution in [-0.4, -0.2) is 13.4 Å². The van der Waals surface area contributed by atoms with Crippen LogP contribution in [0.2, 0.25) is 20.2 Å². The molecule has 0 aliphatic heterocycles. The Balaban J connectivity index is 2.46. The summed E-state index contributed by atoms with van der Waals surface area (Å²) in [7, 11) is -3.97. The summed E-state index contributed by atoms with van der Waals surface area (Å²) in [6, 6.07) is 5.39. The number of pyridine rings is 1. The lowest BCUT2D eigenvalue weighted by atomic mass is 10.4. The van der Waals surface area contributed by atoms with E-state index in [2.05, 4.69) is 9.71 Å². The largest absolute Gasteiger partial charge is 0.279 e. The molecule has 4 nitrogen and oxygen atoms in total. The van der Waals surface area contributed by atoms with Crippen LogP contribution in [0.15, 0.2) is 35.4 Å². The van der Waals surface area contributed by atoms with E-state index < -0.39 is 10.0 Å². The van der Waals surface area contributed by atoms with Crippen molar-refractivity contribution in [3.8, 4) is 0 Å². The molecule has 0 aliphatic rings. The molecule has 9 heteroatoms. The number of sulfonamides is 1. The fourth-order valence-corrected chi connectivity index (χ4v) is 4.23. The Hall–Kier alpha value is -0.720. The molecule has 0 atom stereocenters. The second-order valence-electron chi connectivity index (χ2n) is 3.67. The minimum Gasteiger partial charge on any atom is -0.279 e. The Morgan fingerprint density at radius 1 is 1.00 bits per heavy atom. The Labute approximate surface area is 135 Å². The molecule has 0 saturated carbocycles. The van der Waals surface area contributed by atoms with Crippen LogP contribution in [-0.2, 0) is 10.0 Å². The van der Waals surface area contributed by atoms with E-state index in [-0.39, 0.29) is 30.8 Å². The van der Waals surface area contributed by atoms with Gasteiger partial charge in [0.2, 0.25) is 0 Å². The first-order valence-electron chi connectivity index (χ1n) is 5.08. The summed E-state index contributed by atoms with van der Waals surface area (Å²) >= 11 is 23.2. The van der Waals surface area contributed by atoms with Gasteiger partial charge in [-0.3, -0.25) is 4.72 Å². The molecule has 1 N–H and O–H groups in total. The topological polar surface area (TPSA) is 59.1 Å². The Morgan fingerprint density at radius 3 is 2.15 bits per heavy atom. The number of anilines is 1. The first-order valence-corrected chi connectivity index (χ1v) is 8.08. The van der Waals surface area contributed by atoms with E-state index in [1.165, 1.54) is 30.5 Å². The molecule has 1 aromatic heterocycles. The van der Waals surface area contributed by atoms with Crippen LogP contribution >= 0.6 is 46.4 Å². The van der Waals surface area contributed by atoms with E-state index >= 15 is 0 Å². The van der Waals surface area contributed by atoms with Gasteiger partial charge in [0.05, 0.1) is 15.7 Å². The molecule has 1 aromatic carbocycles. The average molecular weight is 372 g/mol. The molecule has 1 heterocycles. The Morgan fingerprint density at radius 2 is 1.60 bits per heavy atom. The number of hydrogen-bond donors (Lipinski definition) is 1. The quantitative estimate of drug-likeness (QED) is 0.808. The third-order valence-corrected chi connectivity index (χ3v) is 4.94. The minimum atomic E-state index is -3.97. The van der Waals surface area contributed by atoms with E-state index in [4.69, 9.17) is 46.4 Å². The van der Waals surface area contributed by atoms with Crippen LogP contribution in [0.5, 0.6) is 0 Å². The maximum absolute atomic E-state index is 12.3. The lowest BCUT2D eigenvalue weighted by Gasteiger charge is -2.11. The summed E-state index contributed by atoms with van der Waals surface area (Å²) in [5, 5.41) is 0.245. The van der Waals surface area contributed by atoms with E-state index in [0.717, 1.165) is 0 Å². The normalized spacial score (nSPS) is 11.4. The SMILES string of the molecule is O=S(=O)(Nc1ccnc(Cl)c1)c1c(Cl)cc(Cl)cc1Cl. The zero-order valence-corrected chi connectivity index (χ0v) is 13.4. The van der Waals surface area contributed by atoms with E-state index in [0.29, 0.717) is 0 Å². The van der Waals surface area contributed by atoms with Gasteiger partial charge in [-0.25, -0.2) is 13.4 Å². The third kappa shape index (κ3) is 3.48. The molecule has 0 fully saturated rings. The molecule has 0 radical (unpaired) electrons. The van der Waals surface area contributed by atoms with Crippen LogP contribution in [0.3, 0.4) is 0 Å². The fraction of sp³-hybridized carbons (Fsp3) is 0. The summed E-state index contributed by atoms with van der Waals surface area (Å²) in [5.41, 5.74) is 0.243. The standard InChI is InChI=1S/C11H6Cl4N2O2S/c12-6-3-8(13)11(9(14)4-6)20(18,19)17-7-1-2-16-10(15)5-7/h1-5H,(H,16,17). The smallest absolute Gasteiger partial charge is 0.264 e. The van der Waals surface area contributed by atoms with Gasteiger partial charge >= 0.3 is 0 Å². The zero-order chi connectivity index (χ0) is 14.9. The van der Waals surface area contributed by atoms with Crippen molar-refractivity contribution >= 4 is 62.1 Å². The molecular weight excluding hydrogens is 366 g/mol. The fourth-order valence-electron chi connectivity index (χ4n) is 1.46. The van der Waals surface area contributed by atoms with Crippen LogP contribution in [0, 0.1) is 0 Å². The van der Waals surface area contributed by atoms with Crippen molar-refractivity contribution in [2.75, 3.05) is 4.72 Å². The highest BCUT2D eigenvalue weighted by Gasteiger charge is 2.22. The van der Waals surface area contributed by atoms with Gasteiger partial charge in [-0.1, -0.05) is 46.4 Å². The number of nitrogens with zero attached hydrogens (tertiary/aromatic N) is 1. The molecule has 2 rings (SSSR count). The second-order valence-corrected chi connectivity index (χ2v) is 6.93. The lowest BCUT2D eigenvalue weighted by Crippen LogP contribution is -2.14. The van der Waals surface area contributed by atoms with Gasteiger partial charge in [0.25, 0.3) is 10.0 Å². The first-order chi connectivity index (χ1) is 9.29. The Bertz CT molecular complexity index is 742. The average Bonchev–Trinajstić information content (AvgIpc) is 2.25. The zero-order valence-electron chi connectivity index (χ0n) is 9.57. The van der Waals surface area contributed by atoms with Gasteiger partial charge in [0.15, 0.2) is 0 Å². The van der Waals surface area contributed by atoms with Crippen LogP contribution in [0.1, 0.15) is 0 Å². The number of halogens is 4. The molecule has 106 valence electrons. The number of benzene rings is 1. The summed E-state index contributed by atoms with van der Waals surface area (Å²) in [6.45, 7) is 0. The molecule has 20 heavy (non-hydrogen) atoms. The van der Waals surface area contributed by atoms with Crippen molar-refractivity contribution in [3.63, 3.8) is 0 Å². The monoisotopic (exact) mass is 370 g/mol. The third-order valence-electron chi connectivity index (χ3n) is 2.21. The molecule has 0 unspecified atom stereocenters. The van der Waals surface area contributed by atoms with Crippen molar-refractivity contribution < 1.29 is 8.42 Å². The van der Waals surface area contributed by atoms with Crippen molar-refractivity contribution in [2.24, 2.45) is 0 Å². The van der Waals surface area contributed by atoms with Crippen LogP contribution in [0.25, 0.3) is 0 Å². The molecule has 0 bridgehead atoms. The molecular formula is C11H6Cl4N2O2S.